The monoisotopic (exact) mass is 269 g/mol. The van der Waals surface area contributed by atoms with Crippen LogP contribution in [0.25, 0.3) is 0 Å². The maximum Gasteiger partial charge on any atom is 0.251 e. The Morgan fingerprint density at radius 2 is 2.25 bits per heavy atom. The minimum atomic E-state index is -0.152. The molecule has 1 aromatic carbocycles. The summed E-state index contributed by atoms with van der Waals surface area (Å²) in [6, 6.07) is 10.8. The van der Waals surface area contributed by atoms with E-state index in [0.29, 0.717) is 12.1 Å². The number of hydrogen-bond donors (Lipinski definition) is 2. The van der Waals surface area contributed by atoms with E-state index >= 15 is 0 Å². The van der Waals surface area contributed by atoms with Gasteiger partial charge < -0.3 is 10.5 Å². The molecule has 102 valence electrons. The van der Waals surface area contributed by atoms with Crippen molar-refractivity contribution in [3.63, 3.8) is 0 Å². The van der Waals surface area contributed by atoms with E-state index in [1.54, 1.807) is 24.4 Å². The zero-order chi connectivity index (χ0) is 14.4. The third-order valence-electron chi connectivity index (χ3n) is 2.86. The van der Waals surface area contributed by atoms with Crippen LogP contribution in [0.4, 0.5) is 0 Å². The lowest BCUT2D eigenvalue weighted by Gasteiger charge is -2.08. The van der Waals surface area contributed by atoms with Crippen LogP contribution in [0.1, 0.15) is 27.2 Å². The summed E-state index contributed by atoms with van der Waals surface area (Å²) in [6.45, 7) is 2.23. The number of hydrogen-bond acceptors (Lipinski definition) is 4. The molecule has 20 heavy (non-hydrogen) atoms. The molecule has 5 heteroatoms. The third kappa shape index (κ3) is 3.41. The number of pyridine rings is 1. The van der Waals surface area contributed by atoms with Crippen LogP contribution in [-0.2, 0) is 6.54 Å². The Bertz CT molecular complexity index is 624. The van der Waals surface area contributed by atoms with Gasteiger partial charge in [0.2, 0.25) is 0 Å². The van der Waals surface area contributed by atoms with Crippen molar-refractivity contribution in [2.24, 2.45) is 5.16 Å². The van der Waals surface area contributed by atoms with Crippen LogP contribution in [0.5, 0.6) is 0 Å². The summed E-state index contributed by atoms with van der Waals surface area (Å²) in [6.07, 6.45) is 3.01. The Hall–Kier alpha value is -2.69. The van der Waals surface area contributed by atoms with Crippen molar-refractivity contribution < 1.29 is 10.0 Å². The lowest BCUT2D eigenvalue weighted by molar-refractivity contribution is 0.0950. The highest BCUT2D eigenvalue weighted by molar-refractivity contribution is 5.96. The summed E-state index contributed by atoms with van der Waals surface area (Å²) in [5.74, 6) is -0.152. The fraction of sp³-hybridized carbons (Fsp3) is 0.133. The first-order valence-electron chi connectivity index (χ1n) is 6.17. The standard InChI is InChI=1S/C15H15N3O2/c1-11-8-12(9-18-20)5-6-14(11)15(19)17-10-13-4-2-3-7-16-13/h2-9,20H,10H2,1H3,(H,17,19). The number of rotatable bonds is 4. The van der Waals surface area contributed by atoms with Crippen LogP contribution in [0.15, 0.2) is 47.8 Å². The highest BCUT2D eigenvalue weighted by Gasteiger charge is 2.09. The van der Waals surface area contributed by atoms with E-state index in [4.69, 9.17) is 5.21 Å². The number of aromatic nitrogens is 1. The smallest absolute Gasteiger partial charge is 0.251 e. The SMILES string of the molecule is Cc1cc(C=NO)ccc1C(=O)NCc1ccccn1. The molecule has 0 radical (unpaired) electrons. The van der Waals surface area contributed by atoms with E-state index < -0.39 is 0 Å². The number of carbonyl (C=O) groups excluding carboxylic acids is 1. The van der Waals surface area contributed by atoms with E-state index in [1.165, 1.54) is 6.21 Å². The first-order valence-corrected chi connectivity index (χ1v) is 6.17. The molecular weight excluding hydrogens is 254 g/mol. The molecule has 0 aliphatic rings. The molecule has 1 aromatic heterocycles. The van der Waals surface area contributed by atoms with Gasteiger partial charge in [0.15, 0.2) is 0 Å². The van der Waals surface area contributed by atoms with E-state index in [-0.39, 0.29) is 5.91 Å². The molecule has 0 aliphatic heterocycles. The minimum absolute atomic E-state index is 0.152. The largest absolute Gasteiger partial charge is 0.411 e. The Balaban J connectivity index is 2.06. The highest BCUT2D eigenvalue weighted by atomic mass is 16.4. The van der Waals surface area contributed by atoms with Gasteiger partial charge in [0, 0.05) is 11.8 Å². The second-order valence-corrected chi connectivity index (χ2v) is 4.32. The van der Waals surface area contributed by atoms with Crippen molar-refractivity contribution in [1.82, 2.24) is 10.3 Å². The topological polar surface area (TPSA) is 74.6 Å². The van der Waals surface area contributed by atoms with Crippen molar-refractivity contribution >= 4 is 12.1 Å². The predicted octanol–water partition coefficient (Wildman–Crippen LogP) is 2.13. The average Bonchev–Trinajstić information content (AvgIpc) is 2.46. The van der Waals surface area contributed by atoms with E-state index in [2.05, 4.69) is 15.5 Å². The lowest BCUT2D eigenvalue weighted by atomic mass is 10.0. The quantitative estimate of drug-likeness (QED) is 0.507. The molecule has 0 saturated carbocycles. The molecule has 0 spiro atoms. The summed E-state index contributed by atoms with van der Waals surface area (Å²) in [4.78, 5) is 16.2. The number of oxime groups is 1. The maximum absolute atomic E-state index is 12.1. The molecule has 5 nitrogen and oxygen atoms in total. The molecule has 0 atom stereocenters. The van der Waals surface area contributed by atoms with Gasteiger partial charge in [-0.15, -0.1) is 0 Å². The molecular formula is C15H15N3O2. The highest BCUT2D eigenvalue weighted by Crippen LogP contribution is 2.10. The van der Waals surface area contributed by atoms with Gasteiger partial charge in [-0.05, 0) is 42.3 Å². The fourth-order valence-electron chi connectivity index (χ4n) is 1.86. The zero-order valence-electron chi connectivity index (χ0n) is 11.1. The van der Waals surface area contributed by atoms with E-state index in [0.717, 1.165) is 16.8 Å². The van der Waals surface area contributed by atoms with Crippen LogP contribution in [0.3, 0.4) is 0 Å². The first-order chi connectivity index (χ1) is 9.70. The number of nitrogens with zero attached hydrogens (tertiary/aromatic N) is 2. The van der Waals surface area contributed by atoms with Gasteiger partial charge in [0.1, 0.15) is 0 Å². The molecule has 1 heterocycles. The van der Waals surface area contributed by atoms with Crippen LogP contribution in [-0.4, -0.2) is 22.3 Å². The molecule has 2 N–H and O–H groups in total. The number of aryl methyl sites for hydroxylation is 1. The van der Waals surface area contributed by atoms with Crippen LogP contribution in [0.2, 0.25) is 0 Å². The van der Waals surface area contributed by atoms with Gasteiger partial charge in [-0.25, -0.2) is 0 Å². The summed E-state index contributed by atoms with van der Waals surface area (Å²) < 4.78 is 0. The van der Waals surface area contributed by atoms with Gasteiger partial charge in [-0.3, -0.25) is 9.78 Å². The van der Waals surface area contributed by atoms with Crippen molar-refractivity contribution in [1.29, 1.82) is 0 Å². The van der Waals surface area contributed by atoms with Crippen molar-refractivity contribution in [3.8, 4) is 0 Å². The predicted molar refractivity (Wildman–Crippen MR) is 76.0 cm³/mol. The average molecular weight is 269 g/mol. The van der Waals surface area contributed by atoms with Crippen LogP contribution >= 0.6 is 0 Å². The van der Waals surface area contributed by atoms with E-state index in [9.17, 15) is 4.79 Å². The number of carbonyl (C=O) groups is 1. The summed E-state index contributed by atoms with van der Waals surface area (Å²) >= 11 is 0. The number of amides is 1. The third-order valence-corrected chi connectivity index (χ3v) is 2.86. The van der Waals surface area contributed by atoms with Crippen LogP contribution < -0.4 is 5.32 Å². The summed E-state index contributed by atoms with van der Waals surface area (Å²) in [5.41, 5.74) is 2.96. The van der Waals surface area contributed by atoms with Gasteiger partial charge in [0.05, 0.1) is 18.5 Å². The Labute approximate surface area is 117 Å². The summed E-state index contributed by atoms with van der Waals surface area (Å²) in [7, 11) is 0. The molecule has 2 rings (SSSR count). The number of nitrogens with one attached hydrogen (secondary N) is 1. The minimum Gasteiger partial charge on any atom is -0.411 e. The van der Waals surface area contributed by atoms with Crippen LogP contribution in [0, 0.1) is 6.92 Å². The fourth-order valence-corrected chi connectivity index (χ4v) is 1.86. The molecule has 0 fully saturated rings. The zero-order valence-corrected chi connectivity index (χ0v) is 11.1. The lowest BCUT2D eigenvalue weighted by Crippen LogP contribution is -2.24. The molecule has 0 bridgehead atoms. The van der Waals surface area contributed by atoms with Gasteiger partial charge in [0.25, 0.3) is 5.91 Å². The van der Waals surface area contributed by atoms with Gasteiger partial charge >= 0.3 is 0 Å². The Kier molecular flexibility index (Phi) is 4.44. The molecule has 2 aromatic rings. The molecule has 0 saturated heterocycles. The number of benzene rings is 1. The second-order valence-electron chi connectivity index (χ2n) is 4.32. The van der Waals surface area contributed by atoms with E-state index in [1.807, 2.05) is 25.1 Å². The normalized spacial score (nSPS) is 10.7. The van der Waals surface area contributed by atoms with Gasteiger partial charge in [-0.1, -0.05) is 17.3 Å². The van der Waals surface area contributed by atoms with Crippen molar-refractivity contribution in [3.05, 3.63) is 65.0 Å². The maximum atomic E-state index is 12.1. The second kappa shape index (κ2) is 6.47. The summed E-state index contributed by atoms with van der Waals surface area (Å²) in [5, 5.41) is 14.3. The molecule has 1 amide bonds. The Morgan fingerprint density at radius 1 is 1.40 bits per heavy atom. The van der Waals surface area contributed by atoms with Crippen molar-refractivity contribution in [2.75, 3.05) is 0 Å². The first kappa shape index (κ1) is 13.7. The Morgan fingerprint density at radius 3 is 2.90 bits per heavy atom. The molecule has 0 unspecified atom stereocenters. The molecule has 0 aliphatic carbocycles. The van der Waals surface area contributed by atoms with Gasteiger partial charge in [-0.2, -0.15) is 0 Å². The van der Waals surface area contributed by atoms with Crippen molar-refractivity contribution in [2.45, 2.75) is 13.5 Å².